The molecule has 0 radical (unpaired) electrons. The number of esters is 1. The smallest absolute Gasteiger partial charge is 0.338 e. The van der Waals surface area contributed by atoms with Gasteiger partial charge in [0.05, 0.1) is 12.2 Å². The van der Waals surface area contributed by atoms with Crippen LogP contribution in [0, 0.1) is 0 Å². The van der Waals surface area contributed by atoms with Crippen molar-refractivity contribution in [3.05, 3.63) is 29.8 Å². The van der Waals surface area contributed by atoms with Gasteiger partial charge in [0.15, 0.2) is 0 Å². The van der Waals surface area contributed by atoms with Gasteiger partial charge in [-0.1, -0.05) is 71.1 Å². The van der Waals surface area contributed by atoms with Gasteiger partial charge in [0.2, 0.25) is 0 Å². The Balaban J connectivity index is 1.89. The van der Waals surface area contributed by atoms with Crippen LogP contribution in [-0.2, 0) is 4.74 Å². The van der Waals surface area contributed by atoms with Crippen LogP contribution < -0.4 is 5.73 Å². The molecular formula is C20H33NO2. The molecule has 1 rings (SSSR count). The molecule has 130 valence electrons. The number of carbonyl (C=O) groups excluding carboxylic acids is 1. The van der Waals surface area contributed by atoms with Gasteiger partial charge in [0, 0.05) is 5.69 Å². The highest BCUT2D eigenvalue weighted by atomic mass is 16.5. The van der Waals surface area contributed by atoms with Gasteiger partial charge in [0.25, 0.3) is 0 Å². The number of ether oxygens (including phenoxy) is 1. The highest BCUT2D eigenvalue weighted by Crippen LogP contribution is 2.12. The highest BCUT2D eigenvalue weighted by molar-refractivity contribution is 5.89. The molecule has 0 atom stereocenters. The van der Waals surface area contributed by atoms with Crippen molar-refractivity contribution in [3.8, 4) is 0 Å². The Hall–Kier alpha value is -1.51. The third-order valence-electron chi connectivity index (χ3n) is 4.13. The van der Waals surface area contributed by atoms with Crippen molar-refractivity contribution in [2.24, 2.45) is 0 Å². The predicted octanol–water partition coefficient (Wildman–Crippen LogP) is 5.74. The maximum absolute atomic E-state index is 11.8. The molecule has 0 aliphatic heterocycles. The second kappa shape index (κ2) is 13.0. The first-order chi connectivity index (χ1) is 11.2. The summed E-state index contributed by atoms with van der Waals surface area (Å²) in [4.78, 5) is 11.8. The molecule has 0 aliphatic rings. The number of anilines is 1. The fourth-order valence-corrected chi connectivity index (χ4v) is 2.63. The predicted molar refractivity (Wildman–Crippen MR) is 97.6 cm³/mol. The summed E-state index contributed by atoms with van der Waals surface area (Å²) >= 11 is 0. The standard InChI is InChI=1S/C20H33NO2/c1-2-3-4-5-6-7-8-9-10-11-12-17-23-20(22)18-13-15-19(21)16-14-18/h13-16H,2-12,17,21H2,1H3. The van der Waals surface area contributed by atoms with E-state index in [-0.39, 0.29) is 5.97 Å². The van der Waals surface area contributed by atoms with Crippen LogP contribution in [0.25, 0.3) is 0 Å². The Kier molecular flexibility index (Phi) is 11.0. The minimum atomic E-state index is -0.253. The van der Waals surface area contributed by atoms with Gasteiger partial charge in [-0.3, -0.25) is 0 Å². The summed E-state index contributed by atoms with van der Waals surface area (Å²) in [5.74, 6) is -0.253. The SMILES string of the molecule is CCCCCCCCCCCCCOC(=O)c1ccc(N)cc1. The molecule has 0 bridgehead atoms. The zero-order chi connectivity index (χ0) is 16.8. The Labute approximate surface area is 141 Å². The number of benzene rings is 1. The molecule has 0 amide bonds. The van der Waals surface area contributed by atoms with Crippen LogP contribution in [-0.4, -0.2) is 12.6 Å². The molecular weight excluding hydrogens is 286 g/mol. The highest BCUT2D eigenvalue weighted by Gasteiger charge is 2.05. The van der Waals surface area contributed by atoms with E-state index in [1.807, 2.05) is 0 Å². The molecule has 0 saturated heterocycles. The second-order valence-electron chi connectivity index (χ2n) is 6.29. The number of unbranched alkanes of at least 4 members (excludes halogenated alkanes) is 10. The third-order valence-corrected chi connectivity index (χ3v) is 4.13. The Bertz CT molecular complexity index is 414. The maximum atomic E-state index is 11.8. The van der Waals surface area contributed by atoms with E-state index in [0.29, 0.717) is 17.9 Å². The molecule has 0 fully saturated rings. The van der Waals surface area contributed by atoms with Crippen LogP contribution in [0.1, 0.15) is 87.9 Å². The summed E-state index contributed by atoms with van der Waals surface area (Å²) in [5, 5.41) is 0. The molecule has 0 spiro atoms. The first kappa shape index (κ1) is 19.5. The van der Waals surface area contributed by atoms with Crippen molar-refractivity contribution >= 4 is 11.7 Å². The summed E-state index contributed by atoms with van der Waals surface area (Å²) in [6, 6.07) is 6.86. The molecule has 1 aromatic rings. The largest absolute Gasteiger partial charge is 0.462 e. The molecule has 23 heavy (non-hydrogen) atoms. The van der Waals surface area contributed by atoms with Crippen molar-refractivity contribution in [1.29, 1.82) is 0 Å². The van der Waals surface area contributed by atoms with Gasteiger partial charge in [0.1, 0.15) is 0 Å². The molecule has 2 N–H and O–H groups in total. The van der Waals surface area contributed by atoms with Gasteiger partial charge >= 0.3 is 5.97 Å². The summed E-state index contributed by atoms with van der Waals surface area (Å²) < 4.78 is 5.27. The first-order valence-corrected chi connectivity index (χ1v) is 9.26. The summed E-state index contributed by atoms with van der Waals surface area (Å²) in [5.41, 5.74) is 6.83. The van der Waals surface area contributed by atoms with Gasteiger partial charge in [-0.05, 0) is 30.7 Å². The number of hydrogen-bond acceptors (Lipinski definition) is 3. The lowest BCUT2D eigenvalue weighted by Crippen LogP contribution is -2.06. The van der Waals surface area contributed by atoms with Crippen molar-refractivity contribution in [3.63, 3.8) is 0 Å². The Morgan fingerprint density at radius 1 is 0.826 bits per heavy atom. The number of nitrogen functional groups attached to an aromatic ring is 1. The van der Waals surface area contributed by atoms with E-state index in [4.69, 9.17) is 10.5 Å². The van der Waals surface area contributed by atoms with Crippen molar-refractivity contribution in [1.82, 2.24) is 0 Å². The maximum Gasteiger partial charge on any atom is 0.338 e. The van der Waals surface area contributed by atoms with Crippen molar-refractivity contribution in [2.45, 2.75) is 77.6 Å². The summed E-state index contributed by atoms with van der Waals surface area (Å²) in [6.45, 7) is 2.77. The van der Waals surface area contributed by atoms with Crippen LogP contribution in [0.3, 0.4) is 0 Å². The van der Waals surface area contributed by atoms with E-state index in [0.717, 1.165) is 12.8 Å². The van der Waals surface area contributed by atoms with Gasteiger partial charge in [-0.25, -0.2) is 4.79 Å². The Morgan fingerprint density at radius 3 is 1.83 bits per heavy atom. The van der Waals surface area contributed by atoms with Crippen molar-refractivity contribution < 1.29 is 9.53 Å². The molecule has 0 aliphatic carbocycles. The van der Waals surface area contributed by atoms with Crippen LogP contribution in [0.15, 0.2) is 24.3 Å². The molecule has 0 heterocycles. The summed E-state index contributed by atoms with van der Waals surface area (Å²) in [6.07, 6.45) is 14.3. The van der Waals surface area contributed by atoms with E-state index < -0.39 is 0 Å². The van der Waals surface area contributed by atoms with Crippen LogP contribution in [0.5, 0.6) is 0 Å². The molecule has 0 saturated carbocycles. The van der Waals surface area contributed by atoms with Crippen LogP contribution >= 0.6 is 0 Å². The number of nitrogens with two attached hydrogens (primary N) is 1. The quantitative estimate of drug-likeness (QED) is 0.287. The van der Waals surface area contributed by atoms with E-state index in [9.17, 15) is 4.79 Å². The lowest BCUT2D eigenvalue weighted by atomic mass is 10.1. The third kappa shape index (κ3) is 9.98. The molecule has 3 heteroatoms. The molecule has 0 aromatic heterocycles. The minimum Gasteiger partial charge on any atom is -0.462 e. The van der Waals surface area contributed by atoms with E-state index in [1.54, 1.807) is 24.3 Å². The zero-order valence-corrected chi connectivity index (χ0v) is 14.7. The first-order valence-electron chi connectivity index (χ1n) is 9.26. The topological polar surface area (TPSA) is 52.3 Å². The fourth-order valence-electron chi connectivity index (χ4n) is 2.63. The fraction of sp³-hybridized carbons (Fsp3) is 0.650. The van der Waals surface area contributed by atoms with E-state index in [1.165, 1.54) is 57.8 Å². The molecule has 3 nitrogen and oxygen atoms in total. The number of rotatable bonds is 13. The van der Waals surface area contributed by atoms with E-state index >= 15 is 0 Å². The molecule has 0 unspecified atom stereocenters. The van der Waals surface area contributed by atoms with Gasteiger partial charge in [-0.2, -0.15) is 0 Å². The lowest BCUT2D eigenvalue weighted by molar-refractivity contribution is 0.0497. The average molecular weight is 319 g/mol. The second-order valence-corrected chi connectivity index (χ2v) is 6.29. The Morgan fingerprint density at radius 2 is 1.30 bits per heavy atom. The number of hydrogen-bond donors (Lipinski definition) is 1. The molecule has 1 aromatic carbocycles. The van der Waals surface area contributed by atoms with Crippen LogP contribution in [0.2, 0.25) is 0 Å². The van der Waals surface area contributed by atoms with Crippen molar-refractivity contribution in [2.75, 3.05) is 12.3 Å². The number of carbonyl (C=O) groups is 1. The van der Waals surface area contributed by atoms with Crippen LogP contribution in [0.4, 0.5) is 5.69 Å². The lowest BCUT2D eigenvalue weighted by Gasteiger charge is -2.05. The monoisotopic (exact) mass is 319 g/mol. The average Bonchev–Trinajstić information content (AvgIpc) is 2.56. The van der Waals surface area contributed by atoms with Gasteiger partial charge < -0.3 is 10.5 Å². The van der Waals surface area contributed by atoms with E-state index in [2.05, 4.69) is 6.92 Å². The van der Waals surface area contributed by atoms with Gasteiger partial charge in [-0.15, -0.1) is 0 Å². The zero-order valence-electron chi connectivity index (χ0n) is 14.7. The minimum absolute atomic E-state index is 0.253. The normalized spacial score (nSPS) is 10.7. The summed E-state index contributed by atoms with van der Waals surface area (Å²) in [7, 11) is 0.